The third-order valence-corrected chi connectivity index (χ3v) is 7.23. The number of benzene rings is 4. The third-order valence-electron chi connectivity index (χ3n) is 6.27. The highest BCUT2D eigenvalue weighted by atomic mass is 35.5. The average molecular weight is 581 g/mol. The molecule has 0 amide bonds. The Morgan fingerprint density at radius 2 is 1.54 bits per heavy atom. The van der Waals surface area contributed by atoms with E-state index in [-0.39, 0.29) is 12.4 Å². The molecule has 0 saturated heterocycles. The molecule has 4 aromatic rings. The summed E-state index contributed by atoms with van der Waals surface area (Å²) >= 11 is 18.8. The molecule has 0 bridgehead atoms. The van der Waals surface area contributed by atoms with Crippen molar-refractivity contribution >= 4 is 57.8 Å². The van der Waals surface area contributed by atoms with Crippen molar-refractivity contribution < 1.29 is 14.3 Å². The number of para-hydroxylation sites is 1. The molecule has 0 saturated carbocycles. The molecule has 39 heavy (non-hydrogen) atoms. The van der Waals surface area contributed by atoms with Crippen LogP contribution in [0.3, 0.4) is 0 Å². The summed E-state index contributed by atoms with van der Waals surface area (Å²) in [6.07, 6.45) is -0.492. The summed E-state index contributed by atoms with van der Waals surface area (Å²) in [6.45, 7) is 1.68. The number of methoxy groups -OCH3 is 1. The summed E-state index contributed by atoms with van der Waals surface area (Å²) in [5.41, 5.74) is 3.11. The molecule has 1 aliphatic heterocycles. The first-order valence-electron chi connectivity index (χ1n) is 12.1. The van der Waals surface area contributed by atoms with E-state index in [1.54, 1.807) is 42.5 Å². The molecule has 198 valence electrons. The fraction of sp³-hybridized carbons (Fsp3) is 0.133. The molecule has 0 radical (unpaired) electrons. The van der Waals surface area contributed by atoms with Crippen LogP contribution in [0.1, 0.15) is 24.2 Å². The van der Waals surface area contributed by atoms with E-state index in [1.165, 1.54) is 6.92 Å². The highest BCUT2D eigenvalue weighted by molar-refractivity contribution is 6.44. The predicted molar refractivity (Wildman–Crippen MR) is 157 cm³/mol. The maximum absolute atomic E-state index is 12.8. The van der Waals surface area contributed by atoms with Gasteiger partial charge in [-0.1, -0.05) is 65.1 Å². The maximum atomic E-state index is 12.8. The van der Waals surface area contributed by atoms with E-state index in [2.05, 4.69) is 0 Å². The van der Waals surface area contributed by atoms with Gasteiger partial charge in [-0.2, -0.15) is 0 Å². The first-order chi connectivity index (χ1) is 18.9. The van der Waals surface area contributed by atoms with Crippen LogP contribution < -0.4 is 19.4 Å². The summed E-state index contributed by atoms with van der Waals surface area (Å²) in [7, 11) is 1.58. The zero-order valence-electron chi connectivity index (χ0n) is 21.1. The topological polar surface area (TPSA) is 54.4 Å². The van der Waals surface area contributed by atoms with Crippen LogP contribution in [-0.2, 0) is 11.4 Å². The number of Topliss-reactive ketones (excluding diaryl/α,β-unsaturated/α-hetero) is 1. The first kappa shape index (κ1) is 26.9. The second-order valence-electron chi connectivity index (χ2n) is 8.78. The molecule has 0 aromatic heterocycles. The molecule has 9 heteroatoms. The van der Waals surface area contributed by atoms with Crippen molar-refractivity contribution in [3.8, 4) is 11.5 Å². The number of amidine groups is 1. The van der Waals surface area contributed by atoms with Gasteiger partial charge in [0, 0.05) is 38.8 Å². The Morgan fingerprint density at radius 3 is 2.18 bits per heavy atom. The summed E-state index contributed by atoms with van der Waals surface area (Å²) < 4.78 is 11.8. The van der Waals surface area contributed by atoms with Gasteiger partial charge in [0.2, 0.25) is 0 Å². The normalized spacial score (nSPS) is 14.8. The van der Waals surface area contributed by atoms with E-state index in [9.17, 15) is 4.79 Å². The van der Waals surface area contributed by atoms with Crippen molar-refractivity contribution in [3.05, 3.63) is 117 Å². The molecular formula is C30H24Cl3N3O3. The van der Waals surface area contributed by atoms with Gasteiger partial charge in [0.15, 0.2) is 29.3 Å². The Kier molecular flexibility index (Phi) is 7.98. The molecule has 1 heterocycles. The summed E-state index contributed by atoms with van der Waals surface area (Å²) in [4.78, 5) is 14.7. The maximum Gasteiger partial charge on any atom is 0.198 e. The second kappa shape index (κ2) is 11.6. The minimum absolute atomic E-state index is 0.163. The van der Waals surface area contributed by atoms with Gasteiger partial charge in [0.05, 0.1) is 12.8 Å². The van der Waals surface area contributed by atoms with Crippen LogP contribution in [-0.4, -0.2) is 18.7 Å². The molecule has 5 rings (SSSR count). The van der Waals surface area contributed by atoms with E-state index in [0.29, 0.717) is 38.0 Å². The SMILES string of the molecule is COc1cc([C@H]2N(c3ccc(Cl)cc3)N=C(C(C)=O)N2c2ccccc2)ccc1OCc1c(Cl)cccc1Cl. The number of nitrogens with zero attached hydrogens (tertiary/aromatic N) is 3. The van der Waals surface area contributed by atoms with Crippen LogP contribution in [0.2, 0.25) is 15.1 Å². The lowest BCUT2D eigenvalue weighted by Crippen LogP contribution is -2.37. The summed E-state index contributed by atoms with van der Waals surface area (Å²) in [5.74, 6) is 1.18. The standard InChI is InChI=1S/C30H24Cl3N3O3/c1-19(37)29-34-36(23-14-12-21(31)13-15-23)30(35(29)22-7-4-3-5-8-22)20-11-16-27(28(17-20)38-2)39-18-24-25(32)9-6-10-26(24)33/h3-17,30H,18H2,1-2H3/t30-/m1/s1. The van der Waals surface area contributed by atoms with Gasteiger partial charge in [-0.05, 0) is 60.7 Å². The molecule has 0 spiro atoms. The Labute approximate surface area is 241 Å². The van der Waals surface area contributed by atoms with Gasteiger partial charge >= 0.3 is 0 Å². The Hall–Kier alpha value is -3.71. The number of hydrogen-bond acceptors (Lipinski definition) is 6. The smallest absolute Gasteiger partial charge is 0.198 e. The number of carbonyl (C=O) groups excluding carboxylic acids is 1. The second-order valence-corrected chi connectivity index (χ2v) is 10.0. The van der Waals surface area contributed by atoms with Crippen LogP contribution in [0.25, 0.3) is 0 Å². The molecule has 6 nitrogen and oxygen atoms in total. The number of rotatable bonds is 8. The van der Waals surface area contributed by atoms with Crippen molar-refractivity contribution in [1.82, 2.24) is 0 Å². The molecule has 0 aliphatic carbocycles. The molecule has 0 N–H and O–H groups in total. The van der Waals surface area contributed by atoms with Crippen LogP contribution >= 0.6 is 34.8 Å². The van der Waals surface area contributed by atoms with Gasteiger partial charge < -0.3 is 9.47 Å². The minimum atomic E-state index is -0.492. The van der Waals surface area contributed by atoms with Gasteiger partial charge in [0.25, 0.3) is 0 Å². The number of halogens is 3. The van der Waals surface area contributed by atoms with Gasteiger partial charge in [0.1, 0.15) is 6.61 Å². The monoisotopic (exact) mass is 579 g/mol. The molecular weight excluding hydrogens is 557 g/mol. The summed E-state index contributed by atoms with van der Waals surface area (Å²) in [6, 6.07) is 27.9. The first-order valence-corrected chi connectivity index (χ1v) is 13.2. The van der Waals surface area contributed by atoms with Gasteiger partial charge in [-0.25, -0.2) is 5.01 Å². The minimum Gasteiger partial charge on any atom is -0.493 e. The summed E-state index contributed by atoms with van der Waals surface area (Å²) in [5, 5.41) is 8.21. The molecule has 1 aliphatic rings. The average Bonchev–Trinajstić information content (AvgIpc) is 3.35. The Balaban J connectivity index is 1.56. The van der Waals surface area contributed by atoms with E-state index >= 15 is 0 Å². The van der Waals surface area contributed by atoms with Gasteiger partial charge in [-0.3, -0.25) is 9.69 Å². The Bertz CT molecular complexity index is 1510. The van der Waals surface area contributed by atoms with Crippen molar-refractivity contribution in [2.24, 2.45) is 5.10 Å². The predicted octanol–water partition coefficient (Wildman–Crippen LogP) is 8.16. The lowest BCUT2D eigenvalue weighted by molar-refractivity contribution is -0.111. The largest absolute Gasteiger partial charge is 0.493 e. The lowest BCUT2D eigenvalue weighted by Gasteiger charge is -2.32. The van der Waals surface area contributed by atoms with E-state index in [4.69, 9.17) is 49.4 Å². The third kappa shape index (κ3) is 5.55. The zero-order valence-corrected chi connectivity index (χ0v) is 23.4. The quantitative estimate of drug-likeness (QED) is 0.210. The van der Waals surface area contributed by atoms with E-state index < -0.39 is 6.17 Å². The lowest BCUT2D eigenvalue weighted by atomic mass is 10.1. The van der Waals surface area contributed by atoms with Crippen molar-refractivity contribution in [3.63, 3.8) is 0 Å². The van der Waals surface area contributed by atoms with Crippen molar-refractivity contribution in [2.75, 3.05) is 17.0 Å². The number of ketones is 1. The fourth-order valence-corrected chi connectivity index (χ4v) is 5.02. The number of anilines is 2. The highest BCUT2D eigenvalue weighted by Gasteiger charge is 2.39. The van der Waals surface area contributed by atoms with E-state index in [0.717, 1.165) is 16.9 Å². The van der Waals surface area contributed by atoms with E-state index in [1.807, 2.05) is 65.6 Å². The van der Waals surface area contributed by atoms with Crippen molar-refractivity contribution in [1.29, 1.82) is 0 Å². The van der Waals surface area contributed by atoms with Crippen molar-refractivity contribution in [2.45, 2.75) is 19.7 Å². The molecule has 0 unspecified atom stereocenters. The van der Waals surface area contributed by atoms with Gasteiger partial charge in [-0.15, -0.1) is 5.10 Å². The number of hydrazone groups is 1. The molecule has 1 atom stereocenters. The highest BCUT2D eigenvalue weighted by Crippen LogP contribution is 2.42. The fourth-order valence-electron chi connectivity index (χ4n) is 4.39. The molecule has 4 aromatic carbocycles. The number of carbonyl (C=O) groups is 1. The van der Waals surface area contributed by atoms with Crippen LogP contribution in [0, 0.1) is 0 Å². The zero-order chi connectivity index (χ0) is 27.5. The van der Waals surface area contributed by atoms with Crippen LogP contribution in [0.4, 0.5) is 11.4 Å². The number of ether oxygens (including phenoxy) is 2. The van der Waals surface area contributed by atoms with Crippen LogP contribution in [0.15, 0.2) is 96.1 Å². The molecule has 0 fully saturated rings. The Morgan fingerprint density at radius 1 is 0.846 bits per heavy atom. The number of hydrogen-bond donors (Lipinski definition) is 0. The van der Waals surface area contributed by atoms with Crippen LogP contribution in [0.5, 0.6) is 11.5 Å².